The Balaban J connectivity index is 2.09. The number of aromatic nitrogens is 1. The van der Waals surface area contributed by atoms with E-state index in [0.29, 0.717) is 0 Å². The molecule has 4 nitrogen and oxygen atoms in total. The first kappa shape index (κ1) is 13.0. The highest BCUT2D eigenvalue weighted by atomic mass is 32.1. The smallest absolute Gasteiger partial charge is 0.0948 e. The fourth-order valence-corrected chi connectivity index (χ4v) is 3.40. The number of rotatable bonds is 5. The number of nitrogens with zero attached hydrogens (tertiary/aromatic N) is 1. The molecule has 0 bridgehead atoms. The quantitative estimate of drug-likeness (QED) is 0.621. The summed E-state index contributed by atoms with van der Waals surface area (Å²) in [6.07, 6.45) is 4.25. The number of aryl methyl sites for hydroxylation is 2. The Kier molecular flexibility index (Phi) is 3.82. The Labute approximate surface area is 107 Å². The van der Waals surface area contributed by atoms with Crippen molar-refractivity contribution in [3.05, 3.63) is 15.6 Å². The Hall–Kier alpha value is -0.490. The summed E-state index contributed by atoms with van der Waals surface area (Å²) in [4.78, 5) is 5.86. The Morgan fingerprint density at radius 3 is 2.59 bits per heavy atom. The van der Waals surface area contributed by atoms with Gasteiger partial charge in [0.2, 0.25) is 0 Å². The molecule has 1 saturated carbocycles. The molecule has 1 aliphatic rings. The summed E-state index contributed by atoms with van der Waals surface area (Å²) < 4.78 is 5.67. The van der Waals surface area contributed by atoms with Gasteiger partial charge in [0.25, 0.3) is 0 Å². The summed E-state index contributed by atoms with van der Waals surface area (Å²) in [5, 5.41) is 1.14. The highest BCUT2D eigenvalue weighted by Crippen LogP contribution is 2.39. The molecule has 1 fully saturated rings. The SMILES string of the molecule is COC1(C(Cc2nc(C)c(C)s2)NN)CCC1. The Morgan fingerprint density at radius 1 is 1.53 bits per heavy atom. The normalized spacial score (nSPS) is 20.0. The molecule has 0 aliphatic heterocycles. The van der Waals surface area contributed by atoms with Gasteiger partial charge in [-0.2, -0.15) is 0 Å². The van der Waals surface area contributed by atoms with Crippen LogP contribution in [0.4, 0.5) is 0 Å². The van der Waals surface area contributed by atoms with Gasteiger partial charge in [-0.1, -0.05) is 0 Å². The van der Waals surface area contributed by atoms with Crippen molar-refractivity contribution < 1.29 is 4.74 Å². The zero-order valence-electron chi connectivity index (χ0n) is 10.7. The fourth-order valence-electron chi connectivity index (χ4n) is 2.42. The molecule has 0 saturated heterocycles. The van der Waals surface area contributed by atoms with Crippen LogP contribution in [0.3, 0.4) is 0 Å². The standard InChI is InChI=1S/C12H21N3OS/c1-8-9(2)17-11(14-8)7-10(15-13)12(16-3)5-4-6-12/h10,15H,4-7,13H2,1-3H3. The molecule has 96 valence electrons. The van der Waals surface area contributed by atoms with Crippen LogP contribution in [0.1, 0.15) is 34.8 Å². The van der Waals surface area contributed by atoms with Gasteiger partial charge in [-0.15, -0.1) is 11.3 Å². The van der Waals surface area contributed by atoms with Crippen molar-refractivity contribution in [2.75, 3.05) is 7.11 Å². The van der Waals surface area contributed by atoms with E-state index in [1.807, 2.05) is 0 Å². The van der Waals surface area contributed by atoms with Crippen LogP contribution < -0.4 is 11.3 Å². The minimum absolute atomic E-state index is 0.0811. The maximum Gasteiger partial charge on any atom is 0.0948 e. The molecule has 0 amide bonds. The minimum Gasteiger partial charge on any atom is -0.377 e. The monoisotopic (exact) mass is 255 g/mol. The number of thiazole rings is 1. The second kappa shape index (κ2) is 5.02. The highest BCUT2D eigenvalue weighted by molar-refractivity contribution is 7.11. The molecular formula is C12H21N3OS. The maximum atomic E-state index is 5.68. The third-order valence-electron chi connectivity index (χ3n) is 3.89. The van der Waals surface area contributed by atoms with Crippen LogP contribution in [0.25, 0.3) is 0 Å². The lowest BCUT2D eigenvalue weighted by atomic mass is 9.73. The first-order valence-corrected chi connectivity index (χ1v) is 6.87. The van der Waals surface area contributed by atoms with Crippen LogP contribution in [-0.4, -0.2) is 23.7 Å². The summed E-state index contributed by atoms with van der Waals surface area (Å²) in [5.74, 6) is 5.68. The van der Waals surface area contributed by atoms with E-state index in [2.05, 4.69) is 24.3 Å². The molecule has 1 aliphatic carbocycles. The fraction of sp³-hybridized carbons (Fsp3) is 0.750. The minimum atomic E-state index is -0.0811. The molecule has 17 heavy (non-hydrogen) atoms. The van der Waals surface area contributed by atoms with Gasteiger partial charge in [0.05, 0.1) is 22.3 Å². The zero-order valence-corrected chi connectivity index (χ0v) is 11.6. The largest absolute Gasteiger partial charge is 0.377 e. The van der Waals surface area contributed by atoms with Gasteiger partial charge in [-0.3, -0.25) is 11.3 Å². The van der Waals surface area contributed by atoms with Crippen molar-refractivity contribution >= 4 is 11.3 Å². The Morgan fingerprint density at radius 2 is 2.24 bits per heavy atom. The topological polar surface area (TPSA) is 60.2 Å². The lowest BCUT2D eigenvalue weighted by molar-refractivity contribution is -0.0982. The number of methoxy groups -OCH3 is 1. The Bertz CT molecular complexity index is 362. The van der Waals surface area contributed by atoms with Gasteiger partial charge < -0.3 is 4.74 Å². The van der Waals surface area contributed by atoms with Crippen LogP contribution in [-0.2, 0) is 11.2 Å². The van der Waals surface area contributed by atoms with Gasteiger partial charge in [0.1, 0.15) is 0 Å². The number of nitrogens with two attached hydrogens (primary N) is 1. The summed E-state index contributed by atoms with van der Waals surface area (Å²) in [7, 11) is 1.78. The van der Waals surface area contributed by atoms with Gasteiger partial charge in [-0.05, 0) is 33.1 Å². The molecule has 5 heteroatoms. The molecule has 1 unspecified atom stereocenters. The van der Waals surface area contributed by atoms with Crippen molar-refractivity contribution in [3.63, 3.8) is 0 Å². The number of nitrogens with one attached hydrogen (secondary N) is 1. The van der Waals surface area contributed by atoms with Gasteiger partial charge in [0.15, 0.2) is 0 Å². The van der Waals surface area contributed by atoms with E-state index in [0.717, 1.165) is 30.0 Å². The molecule has 0 spiro atoms. The average molecular weight is 255 g/mol. The molecule has 2 rings (SSSR count). The number of hydrogen-bond acceptors (Lipinski definition) is 5. The lowest BCUT2D eigenvalue weighted by Crippen LogP contribution is -2.59. The number of hydrogen-bond donors (Lipinski definition) is 2. The second-order valence-corrected chi connectivity index (χ2v) is 6.08. The molecule has 1 heterocycles. The second-order valence-electron chi connectivity index (χ2n) is 4.80. The molecule has 1 aromatic heterocycles. The van der Waals surface area contributed by atoms with E-state index < -0.39 is 0 Å². The van der Waals surface area contributed by atoms with Gasteiger partial charge >= 0.3 is 0 Å². The van der Waals surface area contributed by atoms with Crippen LogP contribution in [0.5, 0.6) is 0 Å². The first-order valence-electron chi connectivity index (χ1n) is 6.05. The summed E-state index contributed by atoms with van der Waals surface area (Å²) in [6.45, 7) is 4.16. The number of hydrazine groups is 1. The van der Waals surface area contributed by atoms with Crippen molar-refractivity contribution in [2.45, 2.75) is 51.2 Å². The van der Waals surface area contributed by atoms with Crippen LogP contribution in [0, 0.1) is 13.8 Å². The zero-order chi connectivity index (χ0) is 12.5. The summed E-state index contributed by atoms with van der Waals surface area (Å²) in [5.41, 5.74) is 3.96. The molecular weight excluding hydrogens is 234 g/mol. The molecule has 1 aromatic rings. The van der Waals surface area contributed by atoms with Crippen molar-refractivity contribution in [1.29, 1.82) is 0 Å². The van der Waals surface area contributed by atoms with Crippen molar-refractivity contribution in [3.8, 4) is 0 Å². The molecule has 0 aromatic carbocycles. The van der Waals surface area contributed by atoms with Crippen molar-refractivity contribution in [1.82, 2.24) is 10.4 Å². The van der Waals surface area contributed by atoms with Gasteiger partial charge in [0, 0.05) is 18.4 Å². The van der Waals surface area contributed by atoms with Crippen LogP contribution in [0.15, 0.2) is 0 Å². The average Bonchev–Trinajstić information content (AvgIpc) is 2.56. The molecule has 1 atom stereocenters. The van der Waals surface area contributed by atoms with Crippen LogP contribution >= 0.6 is 11.3 Å². The summed E-state index contributed by atoms with van der Waals surface area (Å²) >= 11 is 1.76. The maximum absolute atomic E-state index is 5.68. The van der Waals surface area contributed by atoms with E-state index in [1.165, 1.54) is 11.3 Å². The van der Waals surface area contributed by atoms with E-state index in [9.17, 15) is 0 Å². The van der Waals surface area contributed by atoms with Gasteiger partial charge in [-0.25, -0.2) is 4.98 Å². The van der Waals surface area contributed by atoms with E-state index in [-0.39, 0.29) is 11.6 Å². The predicted octanol–water partition coefficient (Wildman–Crippen LogP) is 1.70. The number of ether oxygens (including phenoxy) is 1. The highest BCUT2D eigenvalue weighted by Gasteiger charge is 2.44. The summed E-state index contributed by atoms with van der Waals surface area (Å²) in [6, 6.07) is 0.159. The third kappa shape index (κ3) is 2.38. The van der Waals surface area contributed by atoms with E-state index in [1.54, 1.807) is 18.4 Å². The van der Waals surface area contributed by atoms with Crippen molar-refractivity contribution in [2.24, 2.45) is 5.84 Å². The third-order valence-corrected chi connectivity index (χ3v) is 4.99. The first-order chi connectivity index (χ1) is 8.11. The van der Waals surface area contributed by atoms with E-state index >= 15 is 0 Å². The van der Waals surface area contributed by atoms with Crippen LogP contribution in [0.2, 0.25) is 0 Å². The molecule has 0 radical (unpaired) electrons. The predicted molar refractivity (Wildman–Crippen MR) is 70.0 cm³/mol. The molecule has 3 N–H and O–H groups in total. The van der Waals surface area contributed by atoms with E-state index in [4.69, 9.17) is 10.6 Å². The lowest BCUT2D eigenvalue weighted by Gasteiger charge is -2.46.